The zero-order chi connectivity index (χ0) is 10.3. The fraction of sp³-hybridized carbons (Fsp3) is 0.0667. The average molecular weight is 191 g/mol. The number of hydrogen-bond donors (Lipinski definition) is 0. The molecule has 3 rings (SSSR count). The summed E-state index contributed by atoms with van der Waals surface area (Å²) in [4.78, 5) is 0. The zero-order valence-corrected chi connectivity index (χ0v) is 8.40. The normalized spacial score (nSPS) is 12.0. The molecule has 0 amide bonds. The first-order valence-corrected chi connectivity index (χ1v) is 5.15. The fourth-order valence-electron chi connectivity index (χ4n) is 2.34. The Bertz CT molecular complexity index is 535. The highest BCUT2D eigenvalue weighted by atomic mass is 14.2. The summed E-state index contributed by atoms with van der Waals surface area (Å²) in [7, 11) is 0. The minimum Gasteiger partial charge on any atom is -0.0619 e. The maximum Gasteiger partial charge on any atom is -0.000751 e. The van der Waals surface area contributed by atoms with Crippen molar-refractivity contribution in [1.29, 1.82) is 0 Å². The van der Waals surface area contributed by atoms with Gasteiger partial charge in [0.2, 0.25) is 0 Å². The molecular weight excluding hydrogens is 180 g/mol. The molecule has 0 N–H and O–H groups in total. The van der Waals surface area contributed by atoms with Crippen molar-refractivity contribution in [3.63, 3.8) is 0 Å². The van der Waals surface area contributed by atoms with Gasteiger partial charge in [-0.2, -0.15) is 0 Å². The van der Waals surface area contributed by atoms with Crippen LogP contribution in [0.1, 0.15) is 16.7 Å². The number of rotatable bonds is 1. The fourth-order valence-corrected chi connectivity index (χ4v) is 2.34. The van der Waals surface area contributed by atoms with E-state index in [1.807, 2.05) is 0 Å². The predicted octanol–water partition coefficient (Wildman–Crippen LogP) is 3.70. The van der Waals surface area contributed by atoms with Crippen molar-refractivity contribution in [3.8, 4) is 11.1 Å². The molecule has 1 radical (unpaired) electrons. The molecule has 2 aromatic rings. The Kier molecular flexibility index (Phi) is 1.75. The smallest absolute Gasteiger partial charge is 0.000751 e. The first kappa shape index (κ1) is 8.49. The lowest BCUT2D eigenvalue weighted by Crippen LogP contribution is -1.84. The second-order valence-electron chi connectivity index (χ2n) is 3.87. The summed E-state index contributed by atoms with van der Waals surface area (Å²) in [6.07, 6.45) is 2.71. The van der Waals surface area contributed by atoms with E-state index in [-0.39, 0.29) is 0 Å². The summed E-state index contributed by atoms with van der Waals surface area (Å²) in [5.41, 5.74) is 6.62. The van der Waals surface area contributed by atoms with Gasteiger partial charge < -0.3 is 0 Å². The van der Waals surface area contributed by atoms with E-state index in [2.05, 4.69) is 42.5 Å². The van der Waals surface area contributed by atoms with E-state index in [0.29, 0.717) is 0 Å². The second kappa shape index (κ2) is 3.09. The van der Waals surface area contributed by atoms with E-state index in [0.717, 1.165) is 12.0 Å². The Morgan fingerprint density at radius 2 is 1.73 bits per heavy atom. The first-order valence-electron chi connectivity index (χ1n) is 5.15. The molecule has 0 bridgehead atoms. The summed E-state index contributed by atoms with van der Waals surface area (Å²) in [5, 5.41) is 0. The topological polar surface area (TPSA) is 0 Å². The van der Waals surface area contributed by atoms with Gasteiger partial charge in [-0.25, -0.2) is 0 Å². The maximum absolute atomic E-state index is 5.63. The molecule has 15 heavy (non-hydrogen) atoms. The molecule has 1 aliphatic carbocycles. The van der Waals surface area contributed by atoms with Crippen molar-refractivity contribution in [2.24, 2.45) is 0 Å². The van der Waals surface area contributed by atoms with Crippen LogP contribution in [0.3, 0.4) is 0 Å². The lowest BCUT2D eigenvalue weighted by Gasteiger charge is -2.03. The molecule has 0 fully saturated rings. The lowest BCUT2D eigenvalue weighted by atomic mass is 10.0. The molecule has 71 valence electrons. The van der Waals surface area contributed by atoms with Crippen molar-refractivity contribution < 1.29 is 0 Å². The van der Waals surface area contributed by atoms with E-state index in [9.17, 15) is 0 Å². The van der Waals surface area contributed by atoms with Crippen molar-refractivity contribution in [1.82, 2.24) is 0 Å². The molecular formula is C15H11. The number of fused-ring (bicyclic) bond motifs is 3. The molecule has 0 aliphatic heterocycles. The van der Waals surface area contributed by atoms with Crippen LogP contribution in [0.4, 0.5) is 0 Å². The number of hydrogen-bond acceptors (Lipinski definition) is 0. The molecule has 0 nitrogen and oxygen atoms in total. The standard InChI is InChI=1S/C15H11/c1-2-11-7-5-9-14-13-8-4-3-6-12(13)10-15(11)14/h1-9H,10H2. The van der Waals surface area contributed by atoms with Crippen LogP contribution in [0.5, 0.6) is 0 Å². The Balaban J connectivity index is 2.30. The van der Waals surface area contributed by atoms with Gasteiger partial charge in [0, 0.05) is 0 Å². The second-order valence-corrected chi connectivity index (χ2v) is 3.87. The maximum atomic E-state index is 5.63. The van der Waals surface area contributed by atoms with Gasteiger partial charge >= 0.3 is 0 Å². The third-order valence-electron chi connectivity index (χ3n) is 3.07. The molecule has 0 atom stereocenters. The minimum atomic E-state index is 1.01. The number of benzene rings is 2. The van der Waals surface area contributed by atoms with Crippen LogP contribution < -0.4 is 0 Å². The lowest BCUT2D eigenvalue weighted by molar-refractivity contribution is 1.25. The minimum absolute atomic E-state index is 1.01. The summed E-state index contributed by atoms with van der Waals surface area (Å²) < 4.78 is 0. The van der Waals surface area contributed by atoms with Crippen molar-refractivity contribution in [2.75, 3.05) is 0 Å². The third-order valence-corrected chi connectivity index (χ3v) is 3.07. The predicted molar refractivity (Wildman–Crippen MR) is 63.4 cm³/mol. The molecule has 0 heterocycles. The van der Waals surface area contributed by atoms with Crippen LogP contribution in [0.25, 0.3) is 17.2 Å². The average Bonchev–Trinajstić information content (AvgIpc) is 2.67. The molecule has 0 saturated carbocycles. The van der Waals surface area contributed by atoms with Crippen molar-refractivity contribution >= 4 is 6.08 Å². The molecule has 0 heteroatoms. The van der Waals surface area contributed by atoms with Gasteiger partial charge in [-0.15, -0.1) is 0 Å². The monoisotopic (exact) mass is 191 g/mol. The SMILES string of the molecule is [CH]=Cc1cccc2c1Cc1ccccc1-2. The van der Waals surface area contributed by atoms with Crippen molar-refractivity contribution in [2.45, 2.75) is 6.42 Å². The Morgan fingerprint density at radius 3 is 2.60 bits per heavy atom. The summed E-state index contributed by atoms with van der Waals surface area (Å²) in [5.74, 6) is 0. The summed E-state index contributed by atoms with van der Waals surface area (Å²) >= 11 is 0. The quantitative estimate of drug-likeness (QED) is 0.550. The Hall–Kier alpha value is -1.82. The van der Waals surface area contributed by atoms with Crippen molar-refractivity contribution in [3.05, 3.63) is 65.7 Å². The van der Waals surface area contributed by atoms with E-state index in [1.165, 1.54) is 22.3 Å². The summed E-state index contributed by atoms with van der Waals surface area (Å²) in [6, 6.07) is 14.9. The Labute approximate surface area is 89.9 Å². The highest BCUT2D eigenvalue weighted by molar-refractivity contribution is 5.80. The van der Waals surface area contributed by atoms with Crippen LogP contribution in [0, 0.1) is 6.58 Å². The van der Waals surface area contributed by atoms with Gasteiger partial charge in [0.15, 0.2) is 0 Å². The van der Waals surface area contributed by atoms with Gasteiger partial charge in [0.25, 0.3) is 0 Å². The third kappa shape index (κ3) is 1.15. The first-order chi connectivity index (χ1) is 7.40. The van der Waals surface area contributed by atoms with E-state index in [4.69, 9.17) is 6.58 Å². The molecule has 2 aromatic carbocycles. The highest BCUT2D eigenvalue weighted by Crippen LogP contribution is 2.38. The van der Waals surface area contributed by atoms with E-state index >= 15 is 0 Å². The molecule has 0 aromatic heterocycles. The van der Waals surface area contributed by atoms with Gasteiger partial charge in [-0.3, -0.25) is 0 Å². The van der Waals surface area contributed by atoms with Gasteiger partial charge in [-0.05, 0) is 34.2 Å². The zero-order valence-electron chi connectivity index (χ0n) is 8.40. The Morgan fingerprint density at radius 1 is 0.933 bits per heavy atom. The molecule has 1 aliphatic rings. The van der Waals surface area contributed by atoms with Crippen LogP contribution in [-0.2, 0) is 6.42 Å². The molecule has 0 unspecified atom stereocenters. The van der Waals surface area contributed by atoms with Gasteiger partial charge in [0.05, 0.1) is 0 Å². The highest BCUT2D eigenvalue weighted by Gasteiger charge is 2.18. The molecule has 0 saturated heterocycles. The van der Waals surface area contributed by atoms with Gasteiger partial charge in [-0.1, -0.05) is 55.1 Å². The summed E-state index contributed by atoms with van der Waals surface area (Å²) in [6.45, 7) is 5.63. The van der Waals surface area contributed by atoms with Crippen LogP contribution in [-0.4, -0.2) is 0 Å². The van der Waals surface area contributed by atoms with E-state index < -0.39 is 0 Å². The van der Waals surface area contributed by atoms with Crippen LogP contribution in [0.15, 0.2) is 42.5 Å². The van der Waals surface area contributed by atoms with Gasteiger partial charge in [0.1, 0.15) is 0 Å². The molecule has 0 spiro atoms. The van der Waals surface area contributed by atoms with Crippen LogP contribution >= 0.6 is 0 Å². The van der Waals surface area contributed by atoms with E-state index in [1.54, 1.807) is 6.08 Å². The largest absolute Gasteiger partial charge is 0.0619 e. The van der Waals surface area contributed by atoms with Crippen LogP contribution in [0.2, 0.25) is 0 Å².